The average molecular weight is 292 g/mol. The molecule has 0 spiro atoms. The molecule has 1 atom stereocenters. The summed E-state index contributed by atoms with van der Waals surface area (Å²) in [6.45, 7) is 3.94. The van der Waals surface area contributed by atoms with Gasteiger partial charge in [-0.1, -0.05) is 6.07 Å². The van der Waals surface area contributed by atoms with Crippen LogP contribution in [-0.2, 0) is 0 Å². The molecule has 0 bridgehead atoms. The van der Waals surface area contributed by atoms with Gasteiger partial charge in [0.2, 0.25) is 0 Å². The second kappa shape index (κ2) is 6.05. The van der Waals surface area contributed by atoms with Gasteiger partial charge in [-0.3, -0.25) is 4.79 Å². The van der Waals surface area contributed by atoms with E-state index >= 15 is 0 Å². The van der Waals surface area contributed by atoms with Crippen LogP contribution >= 0.6 is 11.3 Å². The van der Waals surface area contributed by atoms with Crippen molar-refractivity contribution >= 4 is 22.9 Å². The van der Waals surface area contributed by atoms with E-state index in [9.17, 15) is 9.18 Å². The van der Waals surface area contributed by atoms with Crippen LogP contribution in [0.5, 0.6) is 0 Å². The SMILES string of the molecule is CNc1c(F)cccc1C(=O)NC(C)c1ccc(C)s1. The predicted octanol–water partition coefficient (Wildman–Crippen LogP) is 3.73. The van der Waals surface area contributed by atoms with E-state index in [4.69, 9.17) is 0 Å². The number of amides is 1. The number of halogens is 1. The topological polar surface area (TPSA) is 41.1 Å². The first-order chi connectivity index (χ1) is 9.52. The smallest absolute Gasteiger partial charge is 0.253 e. The van der Waals surface area contributed by atoms with Crippen LogP contribution in [0.2, 0.25) is 0 Å². The summed E-state index contributed by atoms with van der Waals surface area (Å²) < 4.78 is 13.6. The number of aryl methyl sites for hydroxylation is 1. The van der Waals surface area contributed by atoms with Crippen molar-refractivity contribution < 1.29 is 9.18 Å². The van der Waals surface area contributed by atoms with Crippen molar-refractivity contribution in [2.45, 2.75) is 19.9 Å². The zero-order valence-electron chi connectivity index (χ0n) is 11.7. The summed E-state index contributed by atoms with van der Waals surface area (Å²) in [6, 6.07) is 8.38. The van der Waals surface area contributed by atoms with Gasteiger partial charge in [-0.25, -0.2) is 4.39 Å². The molecule has 1 unspecified atom stereocenters. The lowest BCUT2D eigenvalue weighted by molar-refractivity contribution is 0.0941. The lowest BCUT2D eigenvalue weighted by Gasteiger charge is -2.14. The summed E-state index contributed by atoms with van der Waals surface area (Å²) in [7, 11) is 1.60. The second-order valence-corrected chi connectivity index (χ2v) is 5.88. The lowest BCUT2D eigenvalue weighted by Crippen LogP contribution is -2.27. The van der Waals surface area contributed by atoms with Gasteiger partial charge in [0.05, 0.1) is 17.3 Å². The predicted molar refractivity (Wildman–Crippen MR) is 80.9 cm³/mol. The largest absolute Gasteiger partial charge is 0.385 e. The Hall–Kier alpha value is -1.88. The van der Waals surface area contributed by atoms with E-state index in [1.807, 2.05) is 26.0 Å². The Bertz CT molecular complexity index is 624. The first kappa shape index (κ1) is 14.5. The molecule has 1 aromatic heterocycles. The van der Waals surface area contributed by atoms with Gasteiger partial charge in [0.15, 0.2) is 0 Å². The highest BCUT2D eigenvalue weighted by Gasteiger charge is 2.17. The maximum Gasteiger partial charge on any atom is 0.253 e. The zero-order chi connectivity index (χ0) is 14.7. The Balaban J connectivity index is 2.18. The molecule has 0 aliphatic rings. The van der Waals surface area contributed by atoms with Gasteiger partial charge in [-0.2, -0.15) is 0 Å². The summed E-state index contributed by atoms with van der Waals surface area (Å²) in [5, 5.41) is 5.62. The molecule has 0 saturated carbocycles. The highest BCUT2D eigenvalue weighted by molar-refractivity contribution is 7.12. The van der Waals surface area contributed by atoms with Crippen LogP contribution in [0.15, 0.2) is 30.3 Å². The molecule has 1 amide bonds. The third-order valence-corrected chi connectivity index (χ3v) is 4.23. The number of anilines is 1. The van der Waals surface area contributed by atoms with Crippen molar-refractivity contribution in [2.24, 2.45) is 0 Å². The normalized spacial score (nSPS) is 12.0. The molecule has 106 valence electrons. The molecule has 2 N–H and O–H groups in total. The van der Waals surface area contributed by atoms with Gasteiger partial charge in [0.25, 0.3) is 5.91 Å². The van der Waals surface area contributed by atoms with E-state index in [-0.39, 0.29) is 17.6 Å². The van der Waals surface area contributed by atoms with E-state index in [1.54, 1.807) is 24.5 Å². The van der Waals surface area contributed by atoms with Gasteiger partial charge in [-0.15, -0.1) is 11.3 Å². The monoisotopic (exact) mass is 292 g/mol. The molecule has 0 radical (unpaired) electrons. The minimum Gasteiger partial charge on any atom is -0.385 e. The van der Waals surface area contributed by atoms with Crippen molar-refractivity contribution in [1.82, 2.24) is 5.32 Å². The van der Waals surface area contributed by atoms with Crippen molar-refractivity contribution in [3.63, 3.8) is 0 Å². The molecule has 0 aliphatic carbocycles. The number of thiophene rings is 1. The van der Waals surface area contributed by atoms with E-state index in [0.717, 1.165) is 4.88 Å². The highest BCUT2D eigenvalue weighted by atomic mass is 32.1. The van der Waals surface area contributed by atoms with Crippen molar-refractivity contribution in [3.8, 4) is 0 Å². The summed E-state index contributed by atoms with van der Waals surface area (Å²) in [5.74, 6) is -0.716. The number of rotatable bonds is 4. The Morgan fingerprint density at radius 1 is 1.30 bits per heavy atom. The second-order valence-electron chi connectivity index (χ2n) is 4.56. The molecule has 5 heteroatoms. The van der Waals surface area contributed by atoms with Gasteiger partial charge in [0, 0.05) is 16.8 Å². The highest BCUT2D eigenvalue weighted by Crippen LogP contribution is 2.24. The van der Waals surface area contributed by atoms with Crippen molar-refractivity contribution in [3.05, 3.63) is 51.5 Å². The molecule has 0 fully saturated rings. The standard InChI is InChI=1S/C15H17FN2OS/c1-9-7-8-13(20-9)10(2)18-15(19)11-5-4-6-12(16)14(11)17-3/h4-8,10,17H,1-3H3,(H,18,19). The molecule has 20 heavy (non-hydrogen) atoms. The van der Waals surface area contributed by atoms with Gasteiger partial charge < -0.3 is 10.6 Å². The van der Waals surface area contributed by atoms with Crippen molar-refractivity contribution in [1.29, 1.82) is 0 Å². The lowest BCUT2D eigenvalue weighted by atomic mass is 10.1. The fourth-order valence-electron chi connectivity index (χ4n) is 2.00. The Morgan fingerprint density at radius 3 is 2.65 bits per heavy atom. The summed E-state index contributed by atoms with van der Waals surface area (Å²) >= 11 is 1.64. The number of nitrogens with one attached hydrogen (secondary N) is 2. The third-order valence-electron chi connectivity index (χ3n) is 3.04. The zero-order valence-corrected chi connectivity index (χ0v) is 12.5. The van der Waals surface area contributed by atoms with Crippen LogP contribution in [0.1, 0.15) is 33.1 Å². The first-order valence-electron chi connectivity index (χ1n) is 6.36. The molecule has 1 aromatic carbocycles. The number of hydrogen-bond donors (Lipinski definition) is 2. The molecule has 0 aliphatic heterocycles. The van der Waals surface area contributed by atoms with Crippen LogP contribution in [0.4, 0.5) is 10.1 Å². The molecule has 2 aromatic rings. The van der Waals surface area contributed by atoms with E-state index in [1.165, 1.54) is 17.0 Å². The molecule has 1 heterocycles. The van der Waals surface area contributed by atoms with Crippen LogP contribution < -0.4 is 10.6 Å². The van der Waals surface area contributed by atoms with Gasteiger partial charge >= 0.3 is 0 Å². The summed E-state index contributed by atoms with van der Waals surface area (Å²) in [5.41, 5.74) is 0.534. The Morgan fingerprint density at radius 2 is 2.05 bits per heavy atom. The first-order valence-corrected chi connectivity index (χ1v) is 7.18. The minimum absolute atomic E-state index is 0.103. The number of carbonyl (C=O) groups is 1. The van der Waals surface area contributed by atoms with Gasteiger partial charge in [-0.05, 0) is 38.1 Å². The molecule has 3 nitrogen and oxygen atoms in total. The fourth-order valence-corrected chi connectivity index (χ4v) is 2.88. The summed E-state index contributed by atoms with van der Waals surface area (Å²) in [6.07, 6.45) is 0. The molecule has 0 saturated heterocycles. The molecule has 2 rings (SSSR count). The Labute approximate surface area is 121 Å². The van der Waals surface area contributed by atoms with Crippen molar-refractivity contribution in [2.75, 3.05) is 12.4 Å². The number of hydrogen-bond acceptors (Lipinski definition) is 3. The quantitative estimate of drug-likeness (QED) is 0.901. The Kier molecular flexibility index (Phi) is 4.39. The number of para-hydroxylation sites is 1. The van der Waals surface area contributed by atoms with E-state index in [0.29, 0.717) is 5.56 Å². The van der Waals surface area contributed by atoms with E-state index in [2.05, 4.69) is 10.6 Å². The summed E-state index contributed by atoms with van der Waals surface area (Å²) in [4.78, 5) is 14.5. The van der Waals surface area contributed by atoms with Crippen LogP contribution in [0.3, 0.4) is 0 Å². The van der Waals surface area contributed by atoms with Crippen LogP contribution in [0, 0.1) is 12.7 Å². The molecular formula is C15H17FN2OS. The number of benzene rings is 1. The minimum atomic E-state index is -0.431. The molecular weight excluding hydrogens is 275 g/mol. The van der Waals surface area contributed by atoms with E-state index < -0.39 is 5.82 Å². The number of carbonyl (C=O) groups excluding carboxylic acids is 1. The van der Waals surface area contributed by atoms with Gasteiger partial charge in [0.1, 0.15) is 5.82 Å². The average Bonchev–Trinajstić information content (AvgIpc) is 2.85. The van der Waals surface area contributed by atoms with Crippen LogP contribution in [-0.4, -0.2) is 13.0 Å². The fraction of sp³-hybridized carbons (Fsp3) is 0.267. The third kappa shape index (κ3) is 2.99. The maximum absolute atomic E-state index is 13.6. The maximum atomic E-state index is 13.6. The van der Waals surface area contributed by atoms with Crippen LogP contribution in [0.25, 0.3) is 0 Å².